The average Bonchev–Trinajstić information content (AvgIpc) is 3.07. The summed E-state index contributed by atoms with van der Waals surface area (Å²) in [6.07, 6.45) is 1.54. The molecular weight excluding hydrogens is 322 g/mol. The Hall–Kier alpha value is -2.35. The summed E-state index contributed by atoms with van der Waals surface area (Å²) in [7, 11) is 0. The van der Waals surface area contributed by atoms with Gasteiger partial charge in [0.25, 0.3) is 5.91 Å². The molecule has 1 amide bonds. The number of aromatic nitrogens is 4. The van der Waals surface area contributed by atoms with Crippen LogP contribution in [0.2, 0.25) is 5.02 Å². The van der Waals surface area contributed by atoms with Crippen LogP contribution in [-0.4, -0.2) is 43.1 Å². The highest BCUT2D eigenvalue weighted by atomic mass is 35.5. The molecule has 0 saturated heterocycles. The van der Waals surface area contributed by atoms with Crippen LogP contribution in [0.1, 0.15) is 28.3 Å². The van der Waals surface area contributed by atoms with Crippen molar-refractivity contribution in [3.05, 3.63) is 34.4 Å². The van der Waals surface area contributed by atoms with Gasteiger partial charge in [0.2, 0.25) is 0 Å². The molecule has 0 saturated carbocycles. The molecule has 0 aliphatic carbocycles. The van der Waals surface area contributed by atoms with E-state index in [-0.39, 0.29) is 24.6 Å². The lowest BCUT2D eigenvalue weighted by Crippen LogP contribution is -2.28. The number of amides is 1. The van der Waals surface area contributed by atoms with E-state index in [0.29, 0.717) is 18.1 Å². The second-order valence-corrected chi connectivity index (χ2v) is 5.45. The molecule has 2 aromatic rings. The Balaban J connectivity index is 1.85. The zero-order chi connectivity index (χ0) is 17.0. The molecule has 2 rings (SSSR count). The summed E-state index contributed by atoms with van der Waals surface area (Å²) in [5.41, 5.74) is 1.87. The van der Waals surface area contributed by atoms with Crippen molar-refractivity contribution < 1.29 is 14.7 Å². The summed E-state index contributed by atoms with van der Waals surface area (Å²) in [5.74, 6) is -1.22. The van der Waals surface area contributed by atoms with Crippen LogP contribution >= 0.6 is 11.6 Å². The second-order valence-electron chi connectivity index (χ2n) is 5.07. The van der Waals surface area contributed by atoms with E-state index >= 15 is 0 Å². The molecule has 23 heavy (non-hydrogen) atoms. The number of halogens is 1. The number of aliphatic carboxylic acids is 1. The fourth-order valence-electron chi connectivity index (χ4n) is 2.08. The predicted octanol–water partition coefficient (Wildman–Crippen LogP) is 1.25. The summed E-state index contributed by atoms with van der Waals surface area (Å²) in [4.78, 5) is 22.5. The molecule has 2 N–H and O–H groups in total. The van der Waals surface area contributed by atoms with Gasteiger partial charge in [-0.05, 0) is 19.9 Å². The van der Waals surface area contributed by atoms with Gasteiger partial charge in [-0.1, -0.05) is 11.6 Å². The molecule has 0 fully saturated rings. The number of nitrogens with zero attached hydrogens (tertiary/aromatic N) is 4. The van der Waals surface area contributed by atoms with Crippen LogP contribution in [0.15, 0.2) is 12.3 Å². The molecule has 0 unspecified atom stereocenters. The first-order valence-electron chi connectivity index (χ1n) is 7.11. The van der Waals surface area contributed by atoms with Gasteiger partial charge in [-0.25, -0.2) is 0 Å². The normalized spacial score (nSPS) is 10.7. The topological polar surface area (TPSA) is 102 Å². The van der Waals surface area contributed by atoms with Gasteiger partial charge in [-0.2, -0.15) is 10.2 Å². The van der Waals surface area contributed by atoms with E-state index in [1.807, 2.05) is 13.8 Å². The fourth-order valence-corrected chi connectivity index (χ4v) is 2.21. The number of rotatable bonds is 7. The van der Waals surface area contributed by atoms with Gasteiger partial charge in [-0.3, -0.25) is 19.0 Å². The maximum Gasteiger partial charge on any atom is 0.305 e. The highest BCUT2D eigenvalue weighted by molar-refractivity contribution is 6.31. The van der Waals surface area contributed by atoms with Crippen LogP contribution in [0.5, 0.6) is 0 Å². The number of nitrogens with one attached hydrogen (secondary N) is 1. The Morgan fingerprint density at radius 3 is 2.65 bits per heavy atom. The number of hydrogen-bond donors (Lipinski definition) is 2. The summed E-state index contributed by atoms with van der Waals surface area (Å²) in [6.45, 7) is 4.82. The Kier molecular flexibility index (Phi) is 5.38. The van der Waals surface area contributed by atoms with Gasteiger partial charge in [0.15, 0.2) is 0 Å². The second kappa shape index (κ2) is 7.28. The largest absolute Gasteiger partial charge is 0.481 e. The van der Waals surface area contributed by atoms with Gasteiger partial charge >= 0.3 is 5.97 Å². The zero-order valence-electron chi connectivity index (χ0n) is 12.9. The maximum atomic E-state index is 12.0. The molecule has 124 valence electrons. The van der Waals surface area contributed by atoms with Crippen molar-refractivity contribution in [2.45, 2.75) is 33.4 Å². The van der Waals surface area contributed by atoms with E-state index < -0.39 is 5.97 Å². The lowest BCUT2D eigenvalue weighted by molar-refractivity contribution is -0.137. The first kappa shape index (κ1) is 17.0. The van der Waals surface area contributed by atoms with Crippen LogP contribution in [-0.2, 0) is 17.9 Å². The summed E-state index contributed by atoms with van der Waals surface area (Å²) in [5, 5.41) is 20.3. The number of aryl methyl sites for hydroxylation is 2. The fraction of sp³-hybridized carbons (Fsp3) is 0.429. The molecule has 0 spiro atoms. The van der Waals surface area contributed by atoms with E-state index in [0.717, 1.165) is 11.4 Å². The predicted molar refractivity (Wildman–Crippen MR) is 83.5 cm³/mol. The third-order valence-electron chi connectivity index (χ3n) is 3.33. The summed E-state index contributed by atoms with van der Waals surface area (Å²) < 4.78 is 3.17. The Morgan fingerprint density at radius 2 is 2.04 bits per heavy atom. The van der Waals surface area contributed by atoms with Crippen LogP contribution in [0.4, 0.5) is 0 Å². The number of hydrogen-bond acceptors (Lipinski definition) is 4. The highest BCUT2D eigenvalue weighted by Crippen LogP contribution is 2.18. The lowest BCUT2D eigenvalue weighted by Gasteiger charge is -2.05. The third kappa shape index (κ3) is 4.32. The molecule has 0 bridgehead atoms. The molecule has 8 nitrogen and oxygen atoms in total. The van der Waals surface area contributed by atoms with E-state index in [4.69, 9.17) is 16.7 Å². The van der Waals surface area contributed by atoms with Crippen molar-refractivity contribution in [2.24, 2.45) is 0 Å². The van der Waals surface area contributed by atoms with Crippen molar-refractivity contribution in [2.75, 3.05) is 6.54 Å². The standard InChI is InChI=1S/C14H18ClN5O3/c1-9-13(15)10(2)20(17-9)8-5-16-14(23)11-3-6-19(18-11)7-4-12(21)22/h3,6H,4-5,7-8H2,1-2H3,(H,16,23)(H,21,22). The Bertz CT molecular complexity index is 722. The van der Waals surface area contributed by atoms with Gasteiger partial charge in [0.1, 0.15) is 5.69 Å². The van der Waals surface area contributed by atoms with Gasteiger partial charge in [-0.15, -0.1) is 0 Å². The molecule has 0 aliphatic rings. The van der Waals surface area contributed by atoms with Gasteiger partial charge < -0.3 is 10.4 Å². The number of carbonyl (C=O) groups excluding carboxylic acids is 1. The summed E-state index contributed by atoms with van der Waals surface area (Å²) in [6, 6.07) is 1.55. The molecule has 0 aromatic carbocycles. The minimum Gasteiger partial charge on any atom is -0.481 e. The van der Waals surface area contributed by atoms with Crippen molar-refractivity contribution in [1.29, 1.82) is 0 Å². The zero-order valence-corrected chi connectivity index (χ0v) is 13.7. The molecule has 0 aliphatic heterocycles. The smallest absolute Gasteiger partial charge is 0.305 e. The van der Waals surface area contributed by atoms with E-state index in [9.17, 15) is 9.59 Å². The first-order chi connectivity index (χ1) is 10.9. The molecule has 0 radical (unpaired) electrons. The minimum atomic E-state index is -0.907. The van der Waals surface area contributed by atoms with E-state index in [1.165, 1.54) is 4.68 Å². The number of carboxylic acids is 1. The highest BCUT2D eigenvalue weighted by Gasteiger charge is 2.11. The monoisotopic (exact) mass is 339 g/mol. The van der Waals surface area contributed by atoms with Crippen molar-refractivity contribution in [3.8, 4) is 0 Å². The third-order valence-corrected chi connectivity index (χ3v) is 3.88. The molecule has 2 heterocycles. The first-order valence-corrected chi connectivity index (χ1v) is 7.49. The molecule has 0 atom stereocenters. The Morgan fingerprint density at radius 1 is 1.30 bits per heavy atom. The molecular formula is C14H18ClN5O3. The number of carbonyl (C=O) groups is 2. The quantitative estimate of drug-likeness (QED) is 0.790. The molecule has 9 heteroatoms. The maximum absolute atomic E-state index is 12.0. The van der Waals surface area contributed by atoms with Crippen molar-refractivity contribution >= 4 is 23.5 Å². The van der Waals surface area contributed by atoms with Crippen molar-refractivity contribution in [3.63, 3.8) is 0 Å². The van der Waals surface area contributed by atoms with E-state index in [2.05, 4.69) is 15.5 Å². The van der Waals surface area contributed by atoms with Gasteiger partial charge in [0, 0.05) is 12.7 Å². The molecule has 2 aromatic heterocycles. The number of carboxylic acid groups (broad SMARTS) is 1. The van der Waals surface area contributed by atoms with Crippen LogP contribution in [0.3, 0.4) is 0 Å². The van der Waals surface area contributed by atoms with Crippen LogP contribution in [0, 0.1) is 13.8 Å². The SMILES string of the molecule is Cc1nn(CCNC(=O)c2ccn(CCC(=O)O)n2)c(C)c1Cl. The van der Waals surface area contributed by atoms with Gasteiger partial charge in [0.05, 0.1) is 35.9 Å². The van der Waals surface area contributed by atoms with Crippen LogP contribution < -0.4 is 5.32 Å². The summed E-state index contributed by atoms with van der Waals surface area (Å²) >= 11 is 6.07. The van der Waals surface area contributed by atoms with Crippen molar-refractivity contribution in [1.82, 2.24) is 24.9 Å². The minimum absolute atomic E-state index is 0.0403. The Labute approximate surface area is 138 Å². The van der Waals surface area contributed by atoms with Crippen LogP contribution in [0.25, 0.3) is 0 Å². The lowest BCUT2D eigenvalue weighted by atomic mass is 10.4. The van der Waals surface area contributed by atoms with E-state index in [1.54, 1.807) is 16.9 Å². The average molecular weight is 340 g/mol.